The summed E-state index contributed by atoms with van der Waals surface area (Å²) in [7, 11) is 0. The van der Waals surface area contributed by atoms with E-state index in [2.05, 4.69) is 30.9 Å². The minimum Gasteiger partial charge on any atom is -0.341 e. The molecule has 56 valence electrons. The number of nitrogens with zero attached hydrogens (tertiary/aromatic N) is 2. The zero-order chi connectivity index (χ0) is 7.84. The topological polar surface area (TPSA) is 41.6 Å². The third-order valence-electron chi connectivity index (χ3n) is 1.43. The van der Waals surface area contributed by atoms with E-state index >= 15 is 0 Å². The highest BCUT2D eigenvalue weighted by atomic mass is 79.9. The monoisotopic (exact) mass is 211 g/mol. The van der Waals surface area contributed by atoms with Crippen LogP contribution >= 0.6 is 15.9 Å². The Bertz CT molecular complexity index is 393. The Labute approximate surface area is 72.0 Å². The van der Waals surface area contributed by atoms with E-state index < -0.39 is 0 Å². The molecule has 0 fully saturated rings. The number of H-pyrrole nitrogens is 1. The smallest absolute Gasteiger partial charge is 0.178 e. The van der Waals surface area contributed by atoms with Gasteiger partial charge >= 0.3 is 0 Å². The van der Waals surface area contributed by atoms with Gasteiger partial charge in [-0.3, -0.25) is 0 Å². The summed E-state index contributed by atoms with van der Waals surface area (Å²) in [6.07, 6.45) is 0. The predicted molar refractivity (Wildman–Crippen MR) is 46.3 cm³/mol. The first kappa shape index (κ1) is 6.79. The fraction of sp³-hybridized carbons (Fsp3) is 0.143. The van der Waals surface area contributed by atoms with Crippen LogP contribution in [0, 0.1) is 6.92 Å². The van der Waals surface area contributed by atoms with Crippen molar-refractivity contribution in [3.63, 3.8) is 0 Å². The minimum absolute atomic E-state index is 0.761. The van der Waals surface area contributed by atoms with Gasteiger partial charge in [-0.15, -0.1) is 0 Å². The molecule has 11 heavy (non-hydrogen) atoms. The number of imidazole rings is 1. The highest BCUT2D eigenvalue weighted by Crippen LogP contribution is 2.12. The number of aromatic nitrogens is 3. The maximum atomic E-state index is 4.18. The molecule has 0 saturated carbocycles. The summed E-state index contributed by atoms with van der Waals surface area (Å²) in [4.78, 5) is 11.4. The van der Waals surface area contributed by atoms with E-state index in [1.165, 1.54) is 0 Å². The molecule has 0 atom stereocenters. The minimum atomic E-state index is 0.761. The lowest BCUT2D eigenvalue weighted by Crippen LogP contribution is -1.76. The van der Waals surface area contributed by atoms with Gasteiger partial charge < -0.3 is 4.98 Å². The van der Waals surface area contributed by atoms with Crippen molar-refractivity contribution < 1.29 is 0 Å². The summed E-state index contributed by atoms with van der Waals surface area (Å²) in [5.41, 5.74) is 1.74. The van der Waals surface area contributed by atoms with Gasteiger partial charge in [0.1, 0.15) is 10.4 Å². The second-order valence-corrected chi connectivity index (χ2v) is 3.14. The van der Waals surface area contributed by atoms with E-state index in [1.807, 2.05) is 19.1 Å². The zero-order valence-corrected chi connectivity index (χ0v) is 7.51. The number of hydrogen-bond donors (Lipinski definition) is 1. The molecule has 0 aliphatic carbocycles. The molecular weight excluding hydrogens is 206 g/mol. The first-order valence-electron chi connectivity index (χ1n) is 3.24. The van der Waals surface area contributed by atoms with Gasteiger partial charge in [0.25, 0.3) is 0 Å². The lowest BCUT2D eigenvalue weighted by molar-refractivity contribution is 1.16. The SMILES string of the molecule is Cc1nc2nc(Br)ccc2[nH]1. The van der Waals surface area contributed by atoms with Crippen molar-refractivity contribution in [3.8, 4) is 0 Å². The van der Waals surface area contributed by atoms with Gasteiger partial charge in [0.15, 0.2) is 5.65 Å². The van der Waals surface area contributed by atoms with Crippen molar-refractivity contribution in [2.45, 2.75) is 6.92 Å². The molecule has 0 saturated heterocycles. The Morgan fingerprint density at radius 2 is 2.18 bits per heavy atom. The Hall–Kier alpha value is -0.900. The van der Waals surface area contributed by atoms with E-state index in [0.29, 0.717) is 0 Å². The molecule has 0 aromatic carbocycles. The van der Waals surface area contributed by atoms with Crippen LogP contribution in [-0.2, 0) is 0 Å². The summed E-state index contributed by atoms with van der Waals surface area (Å²) >= 11 is 3.28. The highest BCUT2D eigenvalue weighted by Gasteiger charge is 1.99. The molecule has 2 heterocycles. The Morgan fingerprint density at radius 1 is 1.36 bits per heavy atom. The first-order chi connectivity index (χ1) is 5.25. The van der Waals surface area contributed by atoms with Crippen LogP contribution in [0.15, 0.2) is 16.7 Å². The second kappa shape index (κ2) is 2.30. The van der Waals surface area contributed by atoms with Crippen LogP contribution < -0.4 is 0 Å². The van der Waals surface area contributed by atoms with Crippen molar-refractivity contribution in [2.24, 2.45) is 0 Å². The van der Waals surface area contributed by atoms with Crippen molar-refractivity contribution in [2.75, 3.05) is 0 Å². The normalized spacial score (nSPS) is 10.7. The standard InChI is InChI=1S/C7H6BrN3/c1-4-9-5-2-3-6(8)11-7(5)10-4/h2-3H,1H3,(H,9,10,11). The number of pyridine rings is 1. The number of nitrogens with one attached hydrogen (secondary N) is 1. The number of hydrogen-bond acceptors (Lipinski definition) is 2. The van der Waals surface area contributed by atoms with E-state index in [4.69, 9.17) is 0 Å². The van der Waals surface area contributed by atoms with Crippen LogP contribution in [0.25, 0.3) is 11.2 Å². The van der Waals surface area contributed by atoms with Gasteiger partial charge in [-0.2, -0.15) is 0 Å². The van der Waals surface area contributed by atoms with E-state index in [-0.39, 0.29) is 0 Å². The molecule has 3 nitrogen and oxygen atoms in total. The number of aryl methyl sites for hydroxylation is 1. The third kappa shape index (κ3) is 1.14. The molecule has 4 heteroatoms. The molecule has 0 aliphatic rings. The van der Waals surface area contributed by atoms with Gasteiger partial charge in [-0.05, 0) is 35.0 Å². The molecule has 2 aromatic heterocycles. The van der Waals surface area contributed by atoms with Gasteiger partial charge in [-0.1, -0.05) is 0 Å². The fourth-order valence-corrected chi connectivity index (χ4v) is 1.29. The second-order valence-electron chi connectivity index (χ2n) is 2.33. The van der Waals surface area contributed by atoms with E-state index in [9.17, 15) is 0 Å². The quantitative estimate of drug-likeness (QED) is 0.678. The molecular formula is C7H6BrN3. The molecule has 0 unspecified atom stereocenters. The van der Waals surface area contributed by atoms with E-state index in [1.54, 1.807) is 0 Å². The number of fused-ring (bicyclic) bond motifs is 1. The van der Waals surface area contributed by atoms with Gasteiger partial charge in [0.05, 0.1) is 5.52 Å². The summed E-state index contributed by atoms with van der Waals surface area (Å²) in [5.74, 6) is 0.894. The molecule has 0 aliphatic heterocycles. The third-order valence-corrected chi connectivity index (χ3v) is 1.87. The average Bonchev–Trinajstić information content (AvgIpc) is 2.27. The number of rotatable bonds is 0. The average molecular weight is 212 g/mol. The van der Waals surface area contributed by atoms with Crippen LogP contribution in [0.2, 0.25) is 0 Å². The largest absolute Gasteiger partial charge is 0.341 e. The lowest BCUT2D eigenvalue weighted by Gasteiger charge is -1.86. The highest BCUT2D eigenvalue weighted by molar-refractivity contribution is 9.10. The molecule has 0 radical (unpaired) electrons. The van der Waals surface area contributed by atoms with E-state index in [0.717, 1.165) is 21.6 Å². The molecule has 2 aromatic rings. The molecule has 0 bridgehead atoms. The van der Waals surface area contributed by atoms with Crippen molar-refractivity contribution in [1.82, 2.24) is 15.0 Å². The molecule has 2 rings (SSSR count). The Balaban J connectivity index is 2.82. The van der Waals surface area contributed by atoms with Gasteiger partial charge in [-0.25, -0.2) is 9.97 Å². The van der Waals surface area contributed by atoms with Crippen LogP contribution in [0.4, 0.5) is 0 Å². The molecule has 0 spiro atoms. The lowest BCUT2D eigenvalue weighted by atomic mass is 10.4. The van der Waals surface area contributed by atoms with Gasteiger partial charge in [0.2, 0.25) is 0 Å². The fourth-order valence-electron chi connectivity index (χ4n) is 0.990. The molecule has 1 N–H and O–H groups in total. The Morgan fingerprint density at radius 3 is 3.00 bits per heavy atom. The zero-order valence-electron chi connectivity index (χ0n) is 5.93. The predicted octanol–water partition coefficient (Wildman–Crippen LogP) is 2.03. The van der Waals surface area contributed by atoms with Crippen LogP contribution in [0.1, 0.15) is 5.82 Å². The number of aromatic amines is 1. The summed E-state index contributed by atoms with van der Waals surface area (Å²) in [6, 6.07) is 3.84. The van der Waals surface area contributed by atoms with Crippen LogP contribution in [0.3, 0.4) is 0 Å². The Kier molecular flexibility index (Phi) is 1.42. The maximum Gasteiger partial charge on any atom is 0.178 e. The summed E-state index contributed by atoms with van der Waals surface area (Å²) < 4.78 is 0.816. The summed E-state index contributed by atoms with van der Waals surface area (Å²) in [6.45, 7) is 1.91. The maximum absolute atomic E-state index is 4.18. The van der Waals surface area contributed by atoms with Crippen LogP contribution in [-0.4, -0.2) is 15.0 Å². The van der Waals surface area contributed by atoms with Crippen LogP contribution in [0.5, 0.6) is 0 Å². The molecule has 0 amide bonds. The first-order valence-corrected chi connectivity index (χ1v) is 4.04. The van der Waals surface area contributed by atoms with Crippen molar-refractivity contribution in [3.05, 3.63) is 22.6 Å². The number of halogens is 1. The van der Waals surface area contributed by atoms with Gasteiger partial charge in [0, 0.05) is 0 Å². The van der Waals surface area contributed by atoms with Crippen molar-refractivity contribution >= 4 is 27.1 Å². The summed E-state index contributed by atoms with van der Waals surface area (Å²) in [5, 5.41) is 0. The van der Waals surface area contributed by atoms with Crippen molar-refractivity contribution in [1.29, 1.82) is 0 Å².